The van der Waals surface area contributed by atoms with E-state index in [1.165, 1.54) is 6.07 Å². The molecule has 170 valence electrons. The second-order valence-electron chi connectivity index (χ2n) is 8.77. The molecule has 0 unspecified atom stereocenters. The van der Waals surface area contributed by atoms with Gasteiger partial charge in [-0.1, -0.05) is 24.3 Å². The fraction of sp³-hybridized carbons (Fsp3) is 0.333. The van der Waals surface area contributed by atoms with Gasteiger partial charge in [0.1, 0.15) is 17.0 Å². The predicted molar refractivity (Wildman–Crippen MR) is 124 cm³/mol. The largest absolute Gasteiger partial charge is 1.00 e. The summed E-state index contributed by atoms with van der Waals surface area (Å²) in [6, 6.07) is 13.0. The monoisotopic (exact) mass is 467 g/mol. The number of nitrogens with zero attached hydrogens (tertiary/aromatic N) is 1. The minimum atomic E-state index is -1.27. The Hall–Kier alpha value is -2.38. The molecule has 1 atom stereocenters. The van der Waals surface area contributed by atoms with E-state index in [4.69, 9.17) is 18.9 Å². The fourth-order valence-corrected chi connectivity index (χ4v) is 4.72. The summed E-state index contributed by atoms with van der Waals surface area (Å²) in [4.78, 5) is 17.1. The van der Waals surface area contributed by atoms with Crippen molar-refractivity contribution < 1.29 is 53.3 Å². The maximum atomic E-state index is 12.3. The molecule has 1 fully saturated rings. The van der Waals surface area contributed by atoms with Gasteiger partial charge in [-0.3, -0.25) is 0 Å². The summed E-state index contributed by atoms with van der Waals surface area (Å²) in [6.07, 6.45) is 1.77. The van der Waals surface area contributed by atoms with Crippen molar-refractivity contribution in [1.29, 1.82) is 0 Å². The Bertz CT molecular complexity index is 1360. The first-order valence-electron chi connectivity index (χ1n) is 11.3. The molecule has 1 aliphatic heterocycles. The van der Waals surface area contributed by atoms with Gasteiger partial charge < -0.3 is 23.8 Å². The number of para-hydroxylation sites is 1. The van der Waals surface area contributed by atoms with Crippen LogP contribution in [0.4, 0.5) is 0 Å². The first kappa shape index (κ1) is 24.7. The Morgan fingerprint density at radius 1 is 1.15 bits per heavy atom. The zero-order valence-electron chi connectivity index (χ0n) is 20.0. The van der Waals surface area contributed by atoms with E-state index in [1.54, 1.807) is 0 Å². The van der Waals surface area contributed by atoms with Crippen molar-refractivity contribution in [3.63, 3.8) is 0 Å². The number of carbonyl (C=O) groups is 1. The van der Waals surface area contributed by atoms with Crippen molar-refractivity contribution in [2.24, 2.45) is 5.92 Å². The second-order valence-corrected chi connectivity index (χ2v) is 8.77. The molecule has 1 saturated heterocycles. The number of aryl methyl sites for hydroxylation is 2. The Balaban J connectivity index is 0.00000274. The smallest absolute Gasteiger partial charge is 0.545 e. The topological polar surface area (TPSA) is 84.6 Å². The van der Waals surface area contributed by atoms with Crippen molar-refractivity contribution in [2.45, 2.75) is 39.7 Å². The van der Waals surface area contributed by atoms with Crippen LogP contribution < -0.4 is 39.4 Å². The number of benzene rings is 2. The van der Waals surface area contributed by atoms with E-state index in [0.29, 0.717) is 34.0 Å². The van der Waals surface area contributed by atoms with Gasteiger partial charge in [0, 0.05) is 29.7 Å². The van der Waals surface area contributed by atoms with Crippen molar-refractivity contribution in [2.75, 3.05) is 13.2 Å². The number of ether oxygens (including phenoxy) is 2. The van der Waals surface area contributed by atoms with E-state index >= 15 is 0 Å². The number of hydrogen-bond donors (Lipinski definition) is 0. The van der Waals surface area contributed by atoms with Crippen LogP contribution in [-0.2, 0) is 4.74 Å². The van der Waals surface area contributed by atoms with Crippen molar-refractivity contribution in [1.82, 2.24) is 4.98 Å². The molecule has 0 aliphatic carbocycles. The first-order valence-corrected chi connectivity index (χ1v) is 11.3. The molecule has 0 amide bonds. The Morgan fingerprint density at radius 3 is 2.59 bits per heavy atom. The molecule has 2 aromatic heterocycles. The molecule has 3 heterocycles. The molecule has 4 aromatic rings. The molecule has 2 aromatic carbocycles. The van der Waals surface area contributed by atoms with E-state index in [-0.39, 0.29) is 41.2 Å². The van der Waals surface area contributed by atoms with Gasteiger partial charge in [0.2, 0.25) is 0 Å². The van der Waals surface area contributed by atoms with Crippen molar-refractivity contribution >= 4 is 27.8 Å². The van der Waals surface area contributed by atoms with Gasteiger partial charge in [-0.15, -0.1) is 0 Å². The van der Waals surface area contributed by atoms with Gasteiger partial charge in [-0.2, -0.15) is 0 Å². The summed E-state index contributed by atoms with van der Waals surface area (Å²) in [5.41, 5.74) is 3.60. The van der Waals surface area contributed by atoms with Crippen LogP contribution in [0.25, 0.3) is 33.3 Å². The number of furan rings is 1. The van der Waals surface area contributed by atoms with Crippen LogP contribution in [0.1, 0.15) is 41.3 Å². The summed E-state index contributed by atoms with van der Waals surface area (Å²) >= 11 is 0. The number of carbonyl (C=O) groups excluding carboxylic acids is 1. The van der Waals surface area contributed by atoms with E-state index < -0.39 is 5.97 Å². The van der Waals surface area contributed by atoms with Crippen LogP contribution in [0, 0.1) is 19.8 Å². The molecule has 0 N–H and O–H groups in total. The van der Waals surface area contributed by atoms with Crippen LogP contribution in [0.5, 0.6) is 5.75 Å². The maximum Gasteiger partial charge on any atom is 1.00 e. The first-order chi connectivity index (χ1) is 15.9. The molecule has 34 heavy (non-hydrogen) atoms. The van der Waals surface area contributed by atoms with Crippen molar-refractivity contribution in [3.05, 3.63) is 59.2 Å². The number of carboxylic acid groups (broad SMARTS) is 1. The van der Waals surface area contributed by atoms with Crippen LogP contribution in [0.3, 0.4) is 0 Å². The molecule has 0 spiro atoms. The third-order valence-corrected chi connectivity index (χ3v) is 6.66. The van der Waals surface area contributed by atoms with Gasteiger partial charge in [-0.05, 0) is 63.3 Å². The fourth-order valence-electron chi connectivity index (χ4n) is 4.72. The van der Waals surface area contributed by atoms with Gasteiger partial charge in [0.05, 0.1) is 23.0 Å². The molecule has 7 heteroatoms. The number of carboxylic acids is 1. The zero-order valence-corrected chi connectivity index (χ0v) is 22.0. The van der Waals surface area contributed by atoms with E-state index in [1.807, 2.05) is 57.2 Å². The summed E-state index contributed by atoms with van der Waals surface area (Å²) < 4.78 is 17.8. The SMILES string of the molecule is Cc1c(-c2cc(C(=O)[O-])c3c(O[C@@H](C)C4CCOCC4)ccc(C)c3n2)oc2ccccc12.[Na+]. The summed E-state index contributed by atoms with van der Waals surface area (Å²) in [5.74, 6) is 0.148. The summed E-state index contributed by atoms with van der Waals surface area (Å²) in [6.45, 7) is 7.33. The number of aromatic carboxylic acids is 1. The Morgan fingerprint density at radius 2 is 1.88 bits per heavy atom. The number of aromatic nitrogens is 1. The van der Waals surface area contributed by atoms with Crippen LogP contribution >= 0.6 is 0 Å². The number of fused-ring (bicyclic) bond motifs is 2. The van der Waals surface area contributed by atoms with Gasteiger partial charge >= 0.3 is 29.6 Å². The standard InChI is InChI=1S/C27H27NO5.Na/c1-15-8-9-23(32-17(3)18-10-12-31-13-11-18)24-20(27(29)30)14-21(28-25(15)24)26-16(2)19-6-4-5-7-22(19)33-26;/h4-9,14,17-18H,10-13H2,1-3H3,(H,29,30);/q;+1/p-1/t17-;/m0./s1. The minimum Gasteiger partial charge on any atom is -0.545 e. The molecule has 0 saturated carbocycles. The summed E-state index contributed by atoms with van der Waals surface area (Å²) in [5, 5.41) is 13.7. The average Bonchev–Trinajstić information content (AvgIpc) is 3.17. The van der Waals surface area contributed by atoms with E-state index in [2.05, 4.69) is 0 Å². The minimum absolute atomic E-state index is 0. The van der Waals surface area contributed by atoms with Gasteiger partial charge in [0.25, 0.3) is 0 Å². The van der Waals surface area contributed by atoms with Gasteiger partial charge in [-0.25, -0.2) is 4.98 Å². The number of hydrogen-bond acceptors (Lipinski definition) is 6. The molecule has 5 rings (SSSR count). The Kier molecular flexibility index (Phi) is 7.33. The number of rotatable bonds is 5. The number of pyridine rings is 1. The zero-order chi connectivity index (χ0) is 23.1. The predicted octanol–water partition coefficient (Wildman–Crippen LogP) is 1.83. The molecular formula is C27H26NNaO5. The molecule has 0 bridgehead atoms. The molecular weight excluding hydrogens is 441 g/mol. The third kappa shape index (κ3) is 4.48. The summed E-state index contributed by atoms with van der Waals surface area (Å²) in [7, 11) is 0. The van der Waals surface area contributed by atoms with Crippen molar-refractivity contribution in [3.8, 4) is 17.2 Å². The molecule has 1 aliphatic rings. The van der Waals surface area contributed by atoms with E-state index in [9.17, 15) is 9.90 Å². The quantitative estimate of drug-likeness (QED) is 0.417. The molecule has 0 radical (unpaired) electrons. The van der Waals surface area contributed by atoms with Crippen LogP contribution in [-0.4, -0.2) is 30.3 Å². The molecule has 6 nitrogen and oxygen atoms in total. The van der Waals surface area contributed by atoms with Gasteiger partial charge in [0.15, 0.2) is 5.76 Å². The van der Waals surface area contributed by atoms with Crippen LogP contribution in [0.15, 0.2) is 46.9 Å². The van der Waals surface area contributed by atoms with E-state index in [0.717, 1.165) is 48.2 Å². The Labute approximate surface area is 220 Å². The average molecular weight is 467 g/mol. The second kappa shape index (κ2) is 10.1. The maximum absolute atomic E-state index is 12.3. The normalized spacial score (nSPS) is 15.3. The van der Waals surface area contributed by atoms with Crippen LogP contribution in [0.2, 0.25) is 0 Å². The third-order valence-electron chi connectivity index (χ3n) is 6.66.